The van der Waals surface area contributed by atoms with Gasteiger partial charge in [0, 0.05) is 19.3 Å². The molecule has 0 aliphatic carbocycles. The molecule has 1 saturated heterocycles. The highest BCUT2D eigenvalue weighted by Crippen LogP contribution is 2.17. The second-order valence-electron chi connectivity index (χ2n) is 4.60. The fraction of sp³-hybridized carbons (Fsp3) is 0.615. The van der Waals surface area contributed by atoms with Crippen LogP contribution in [0.1, 0.15) is 19.8 Å². The molecule has 0 aromatic heterocycles. The maximum Gasteiger partial charge on any atom is 0.325 e. The number of rotatable bonds is 4. The number of likely N-dealkylation sites (tertiary alicyclic amines) is 1. The number of esters is 1. The Kier molecular flexibility index (Phi) is 5.86. The normalized spacial score (nSPS) is 16.7. The quantitative estimate of drug-likeness (QED) is 0.452. The van der Waals surface area contributed by atoms with Crippen molar-refractivity contribution < 1.29 is 14.3 Å². The highest BCUT2D eigenvalue weighted by atomic mass is 16.5. The Morgan fingerprint density at radius 3 is 2.63 bits per heavy atom. The van der Waals surface area contributed by atoms with Crippen molar-refractivity contribution in [3.05, 3.63) is 11.8 Å². The summed E-state index contributed by atoms with van der Waals surface area (Å²) in [5, 5.41) is 11.6. The van der Waals surface area contributed by atoms with Gasteiger partial charge in [-0.05, 0) is 18.8 Å². The van der Waals surface area contributed by atoms with Gasteiger partial charge < -0.3 is 15.0 Å². The van der Waals surface area contributed by atoms with E-state index in [0.717, 1.165) is 12.8 Å². The maximum atomic E-state index is 12.1. The zero-order valence-corrected chi connectivity index (χ0v) is 11.3. The molecule has 0 saturated carbocycles. The number of nitriles is 1. The molecule has 0 unspecified atom stereocenters. The summed E-state index contributed by atoms with van der Waals surface area (Å²) in [6.07, 6.45) is 3.19. The third-order valence-corrected chi connectivity index (χ3v) is 3.14. The molecule has 1 aliphatic heterocycles. The lowest BCUT2D eigenvalue weighted by atomic mass is 9.99. The molecular formula is C13H19N3O3. The van der Waals surface area contributed by atoms with Crippen molar-refractivity contribution in [2.24, 2.45) is 5.92 Å². The fourth-order valence-corrected chi connectivity index (χ4v) is 1.83. The van der Waals surface area contributed by atoms with Crippen LogP contribution in [-0.2, 0) is 14.3 Å². The third kappa shape index (κ3) is 4.62. The number of ether oxygens (including phenoxy) is 1. The van der Waals surface area contributed by atoms with Crippen LogP contribution in [0.25, 0.3) is 0 Å². The number of nitrogens with one attached hydrogen (secondary N) is 1. The first-order valence-corrected chi connectivity index (χ1v) is 6.28. The Morgan fingerprint density at radius 1 is 1.47 bits per heavy atom. The summed E-state index contributed by atoms with van der Waals surface area (Å²) < 4.78 is 4.45. The van der Waals surface area contributed by atoms with Crippen LogP contribution in [0.3, 0.4) is 0 Å². The smallest absolute Gasteiger partial charge is 0.325 e. The Labute approximate surface area is 113 Å². The minimum Gasteiger partial charge on any atom is -0.468 e. The number of methoxy groups -OCH3 is 1. The predicted molar refractivity (Wildman–Crippen MR) is 68.7 cm³/mol. The molecule has 1 rings (SSSR count). The van der Waals surface area contributed by atoms with E-state index in [2.05, 4.69) is 17.0 Å². The van der Waals surface area contributed by atoms with E-state index in [-0.39, 0.29) is 18.0 Å². The molecule has 6 heteroatoms. The molecule has 0 aromatic rings. The number of hydrogen-bond acceptors (Lipinski definition) is 5. The summed E-state index contributed by atoms with van der Waals surface area (Å²) in [5.74, 6) is -0.115. The largest absolute Gasteiger partial charge is 0.468 e. The standard InChI is InChI=1S/C13H19N3O3/c1-10-3-5-16(6-4-10)13(18)11(7-14)8-15-9-12(17)19-2/h8,10,15H,3-6,9H2,1-2H3/b11-8-. The summed E-state index contributed by atoms with van der Waals surface area (Å²) in [6, 6.07) is 1.86. The number of carbonyl (C=O) groups excluding carboxylic acids is 2. The molecule has 1 heterocycles. The molecule has 0 atom stereocenters. The van der Waals surface area contributed by atoms with Crippen molar-refractivity contribution in [1.29, 1.82) is 5.26 Å². The number of carbonyl (C=O) groups is 2. The highest BCUT2D eigenvalue weighted by Gasteiger charge is 2.22. The van der Waals surface area contributed by atoms with Gasteiger partial charge in [-0.2, -0.15) is 5.26 Å². The van der Waals surface area contributed by atoms with Crippen LogP contribution in [0.15, 0.2) is 11.8 Å². The van der Waals surface area contributed by atoms with Crippen molar-refractivity contribution in [3.63, 3.8) is 0 Å². The van der Waals surface area contributed by atoms with Crippen molar-refractivity contribution in [1.82, 2.24) is 10.2 Å². The minimum absolute atomic E-state index is 0.0125. The Morgan fingerprint density at radius 2 is 2.11 bits per heavy atom. The molecule has 6 nitrogen and oxygen atoms in total. The maximum absolute atomic E-state index is 12.1. The first kappa shape index (κ1) is 15.0. The summed E-state index contributed by atoms with van der Waals surface area (Å²) in [6.45, 7) is 3.44. The van der Waals surface area contributed by atoms with E-state index >= 15 is 0 Å². The summed E-state index contributed by atoms with van der Waals surface area (Å²) in [5.41, 5.74) is 0.0125. The van der Waals surface area contributed by atoms with E-state index < -0.39 is 5.97 Å². The van der Waals surface area contributed by atoms with E-state index in [1.807, 2.05) is 6.07 Å². The third-order valence-electron chi connectivity index (χ3n) is 3.14. The molecule has 104 valence electrons. The van der Waals surface area contributed by atoms with Gasteiger partial charge in [-0.3, -0.25) is 9.59 Å². The molecule has 0 radical (unpaired) electrons. The van der Waals surface area contributed by atoms with Gasteiger partial charge in [0.2, 0.25) is 0 Å². The molecule has 1 fully saturated rings. The van der Waals surface area contributed by atoms with Gasteiger partial charge in [0.05, 0.1) is 7.11 Å². The van der Waals surface area contributed by atoms with E-state index in [0.29, 0.717) is 19.0 Å². The van der Waals surface area contributed by atoms with Crippen LogP contribution < -0.4 is 5.32 Å². The second-order valence-corrected chi connectivity index (χ2v) is 4.60. The average Bonchev–Trinajstić information content (AvgIpc) is 2.43. The van der Waals surface area contributed by atoms with E-state index in [1.54, 1.807) is 4.90 Å². The lowest BCUT2D eigenvalue weighted by molar-refractivity contribution is -0.139. The number of piperidine rings is 1. The van der Waals surface area contributed by atoms with E-state index in [9.17, 15) is 9.59 Å². The second kappa shape index (κ2) is 7.41. The van der Waals surface area contributed by atoms with E-state index in [1.165, 1.54) is 13.3 Å². The van der Waals surface area contributed by atoms with Crippen molar-refractivity contribution in [3.8, 4) is 6.07 Å². The van der Waals surface area contributed by atoms with Crippen molar-refractivity contribution in [2.75, 3.05) is 26.7 Å². The lowest BCUT2D eigenvalue weighted by Gasteiger charge is -2.30. The Balaban J connectivity index is 2.54. The molecule has 0 aromatic carbocycles. The van der Waals surface area contributed by atoms with Gasteiger partial charge in [-0.15, -0.1) is 0 Å². The molecule has 0 spiro atoms. The molecule has 0 bridgehead atoms. The summed E-state index contributed by atoms with van der Waals surface area (Å²) in [4.78, 5) is 24.6. The van der Waals surface area contributed by atoms with Crippen LogP contribution in [0.2, 0.25) is 0 Å². The van der Waals surface area contributed by atoms with Gasteiger partial charge in [-0.25, -0.2) is 0 Å². The summed E-state index contributed by atoms with van der Waals surface area (Å²) in [7, 11) is 1.28. The minimum atomic E-state index is -0.451. The first-order chi connectivity index (χ1) is 9.08. The monoisotopic (exact) mass is 265 g/mol. The zero-order chi connectivity index (χ0) is 14.3. The number of amides is 1. The van der Waals surface area contributed by atoms with Crippen LogP contribution in [0.5, 0.6) is 0 Å². The first-order valence-electron chi connectivity index (χ1n) is 6.28. The van der Waals surface area contributed by atoms with Crippen LogP contribution >= 0.6 is 0 Å². The number of nitrogens with zero attached hydrogens (tertiary/aromatic N) is 2. The van der Waals surface area contributed by atoms with Gasteiger partial charge in [0.25, 0.3) is 5.91 Å². The molecule has 19 heavy (non-hydrogen) atoms. The van der Waals surface area contributed by atoms with E-state index in [4.69, 9.17) is 5.26 Å². The fourth-order valence-electron chi connectivity index (χ4n) is 1.83. The zero-order valence-electron chi connectivity index (χ0n) is 11.3. The molecular weight excluding hydrogens is 246 g/mol. The topological polar surface area (TPSA) is 82.4 Å². The lowest BCUT2D eigenvalue weighted by Crippen LogP contribution is -2.39. The Hall–Kier alpha value is -2.03. The van der Waals surface area contributed by atoms with Crippen LogP contribution in [0, 0.1) is 17.2 Å². The molecule has 1 amide bonds. The molecule has 1 N–H and O–H groups in total. The SMILES string of the molecule is COC(=O)CN/C=C(/C#N)C(=O)N1CCC(C)CC1. The van der Waals surface area contributed by atoms with Crippen LogP contribution in [-0.4, -0.2) is 43.5 Å². The highest BCUT2D eigenvalue weighted by molar-refractivity contribution is 5.97. The summed E-state index contributed by atoms with van der Waals surface area (Å²) >= 11 is 0. The van der Waals surface area contributed by atoms with Crippen molar-refractivity contribution in [2.45, 2.75) is 19.8 Å². The van der Waals surface area contributed by atoms with Gasteiger partial charge in [0.15, 0.2) is 0 Å². The Bertz CT molecular complexity index is 404. The van der Waals surface area contributed by atoms with Crippen LogP contribution in [0.4, 0.5) is 0 Å². The van der Waals surface area contributed by atoms with Gasteiger partial charge in [-0.1, -0.05) is 6.92 Å². The van der Waals surface area contributed by atoms with Gasteiger partial charge in [0.1, 0.15) is 18.2 Å². The van der Waals surface area contributed by atoms with Crippen molar-refractivity contribution >= 4 is 11.9 Å². The van der Waals surface area contributed by atoms with Gasteiger partial charge >= 0.3 is 5.97 Å². The number of hydrogen-bond donors (Lipinski definition) is 1. The average molecular weight is 265 g/mol. The molecule has 1 aliphatic rings. The predicted octanol–water partition coefficient (Wildman–Crippen LogP) is 0.415.